The van der Waals surface area contributed by atoms with E-state index in [1.54, 1.807) is 0 Å². The molecule has 0 aromatic heterocycles. The summed E-state index contributed by atoms with van der Waals surface area (Å²) in [6.07, 6.45) is 2.18. The predicted molar refractivity (Wildman–Crippen MR) is 41.0 cm³/mol. The van der Waals surface area contributed by atoms with Crippen molar-refractivity contribution in [2.45, 2.75) is 25.3 Å². The first-order chi connectivity index (χ1) is 5.18. The topological polar surface area (TPSA) is 105 Å². The quantitative estimate of drug-likeness (QED) is 0.374. The van der Waals surface area contributed by atoms with Crippen molar-refractivity contribution >= 4 is 5.91 Å². The highest BCUT2D eigenvalue weighted by Crippen LogP contribution is 1.98. The average Bonchev–Trinajstić information content (AvgIpc) is 1.97. The van der Waals surface area contributed by atoms with E-state index in [0.29, 0.717) is 13.0 Å². The van der Waals surface area contributed by atoms with Gasteiger partial charge >= 0.3 is 0 Å². The van der Waals surface area contributed by atoms with Crippen molar-refractivity contribution in [1.82, 2.24) is 0 Å². The van der Waals surface area contributed by atoms with Crippen LogP contribution < -0.4 is 11.5 Å². The fourth-order valence-corrected chi connectivity index (χ4v) is 0.697. The number of hydrogen-bond donors (Lipinski definition) is 3. The molecule has 0 heterocycles. The van der Waals surface area contributed by atoms with E-state index < -0.39 is 11.9 Å². The van der Waals surface area contributed by atoms with Crippen LogP contribution in [-0.4, -0.2) is 18.5 Å². The second-order valence-corrected chi connectivity index (χ2v) is 2.39. The van der Waals surface area contributed by atoms with Gasteiger partial charge in [0.2, 0.25) is 5.91 Å². The highest BCUT2D eigenvalue weighted by molar-refractivity contribution is 5.79. The van der Waals surface area contributed by atoms with E-state index in [0.717, 1.165) is 12.8 Å². The zero-order valence-electron chi connectivity index (χ0n) is 6.42. The number of carbonyl (C=O) groups is 1. The van der Waals surface area contributed by atoms with Gasteiger partial charge in [-0.05, 0) is 19.3 Å². The molecule has 64 valence electrons. The molecule has 0 bridgehead atoms. The van der Waals surface area contributed by atoms with Crippen LogP contribution in [0.2, 0.25) is 0 Å². The fourth-order valence-electron chi connectivity index (χ4n) is 0.697. The van der Waals surface area contributed by atoms with Crippen molar-refractivity contribution in [3.63, 3.8) is 0 Å². The van der Waals surface area contributed by atoms with Gasteiger partial charge in [-0.3, -0.25) is 4.79 Å². The van der Waals surface area contributed by atoms with Crippen LogP contribution in [0.5, 0.6) is 0 Å². The molecule has 0 aromatic rings. The van der Waals surface area contributed by atoms with Crippen molar-refractivity contribution in [3.8, 4) is 0 Å². The van der Waals surface area contributed by atoms with Gasteiger partial charge in [-0.25, -0.2) is 5.53 Å². The van der Waals surface area contributed by atoms with Crippen molar-refractivity contribution in [3.05, 3.63) is 0 Å². The number of nitrogens with one attached hydrogen (secondary N) is 1. The molecule has 0 aliphatic rings. The zero-order valence-corrected chi connectivity index (χ0v) is 6.42. The monoisotopic (exact) mass is 158 g/mol. The standard InChI is InChI=1S/C6H14N4O/c7-5(6(8)11)3-1-2-4-10-9/h5,9H,1-4,7H2,(H2,8,11)/t5-/m1/s1. The fraction of sp³-hybridized carbons (Fsp3) is 0.833. The van der Waals surface area contributed by atoms with Crippen LogP contribution in [-0.2, 0) is 4.79 Å². The summed E-state index contributed by atoms with van der Waals surface area (Å²) in [6, 6.07) is -0.541. The molecule has 0 aromatic carbocycles. The summed E-state index contributed by atoms with van der Waals surface area (Å²) in [5.41, 5.74) is 16.7. The summed E-state index contributed by atoms with van der Waals surface area (Å²) in [4.78, 5) is 10.4. The maximum absolute atomic E-state index is 10.4. The lowest BCUT2D eigenvalue weighted by atomic mass is 10.1. The van der Waals surface area contributed by atoms with Crippen molar-refractivity contribution < 1.29 is 4.79 Å². The molecule has 1 atom stereocenters. The molecule has 0 saturated carbocycles. The maximum atomic E-state index is 10.4. The molecule has 11 heavy (non-hydrogen) atoms. The minimum Gasteiger partial charge on any atom is -0.368 e. The molecule has 0 aliphatic heterocycles. The van der Waals surface area contributed by atoms with Gasteiger partial charge in [0.15, 0.2) is 0 Å². The van der Waals surface area contributed by atoms with Crippen LogP contribution in [0.25, 0.3) is 0 Å². The molecule has 1 amide bonds. The Labute approximate surface area is 65.6 Å². The van der Waals surface area contributed by atoms with Crippen LogP contribution in [0.15, 0.2) is 5.11 Å². The molecule has 5 N–H and O–H groups in total. The number of amides is 1. The number of hydrogen-bond acceptors (Lipinski definition) is 4. The Morgan fingerprint density at radius 1 is 1.55 bits per heavy atom. The third kappa shape index (κ3) is 5.47. The van der Waals surface area contributed by atoms with Gasteiger partial charge in [0.25, 0.3) is 0 Å². The highest BCUT2D eigenvalue weighted by atomic mass is 16.1. The van der Waals surface area contributed by atoms with E-state index in [1.165, 1.54) is 0 Å². The first kappa shape index (κ1) is 10.0. The molecule has 0 unspecified atom stereocenters. The normalized spacial score (nSPS) is 12.5. The first-order valence-corrected chi connectivity index (χ1v) is 3.56. The van der Waals surface area contributed by atoms with Crippen LogP contribution in [0, 0.1) is 5.53 Å². The third-order valence-corrected chi connectivity index (χ3v) is 1.40. The number of nitrogens with zero attached hydrogens (tertiary/aromatic N) is 1. The smallest absolute Gasteiger partial charge is 0.234 e. The zero-order chi connectivity index (χ0) is 8.69. The minimum absolute atomic E-state index is 0.465. The van der Waals surface area contributed by atoms with Crippen LogP contribution >= 0.6 is 0 Å². The third-order valence-electron chi connectivity index (χ3n) is 1.40. The average molecular weight is 158 g/mol. The van der Waals surface area contributed by atoms with E-state index >= 15 is 0 Å². The van der Waals surface area contributed by atoms with Gasteiger partial charge in [0, 0.05) is 0 Å². The molecule has 0 saturated heterocycles. The van der Waals surface area contributed by atoms with E-state index in [-0.39, 0.29) is 0 Å². The molecule has 0 spiro atoms. The first-order valence-electron chi connectivity index (χ1n) is 3.56. The summed E-state index contributed by atoms with van der Waals surface area (Å²) in [7, 11) is 0. The summed E-state index contributed by atoms with van der Waals surface area (Å²) < 4.78 is 0. The van der Waals surface area contributed by atoms with Crippen molar-refractivity contribution in [2.24, 2.45) is 16.6 Å². The second-order valence-electron chi connectivity index (χ2n) is 2.39. The molecule has 5 heteroatoms. The Morgan fingerprint density at radius 3 is 2.64 bits per heavy atom. The van der Waals surface area contributed by atoms with Crippen molar-refractivity contribution in [2.75, 3.05) is 6.54 Å². The van der Waals surface area contributed by atoms with E-state index in [4.69, 9.17) is 17.0 Å². The lowest BCUT2D eigenvalue weighted by Gasteiger charge is -2.04. The number of nitrogens with two attached hydrogens (primary N) is 2. The van der Waals surface area contributed by atoms with Crippen LogP contribution in [0.4, 0.5) is 0 Å². The van der Waals surface area contributed by atoms with Gasteiger partial charge < -0.3 is 11.5 Å². The van der Waals surface area contributed by atoms with Crippen molar-refractivity contribution in [1.29, 1.82) is 5.53 Å². The predicted octanol–water partition coefficient (Wildman–Crippen LogP) is 0.000270. The second kappa shape index (κ2) is 5.79. The Kier molecular flexibility index (Phi) is 5.28. The lowest BCUT2D eigenvalue weighted by molar-refractivity contribution is -0.119. The Hall–Kier alpha value is -0.970. The largest absolute Gasteiger partial charge is 0.368 e. The summed E-state index contributed by atoms with van der Waals surface area (Å²) >= 11 is 0. The molecule has 0 fully saturated rings. The maximum Gasteiger partial charge on any atom is 0.234 e. The van der Waals surface area contributed by atoms with Gasteiger partial charge in [-0.2, -0.15) is 5.11 Å². The Morgan fingerprint density at radius 2 is 2.18 bits per heavy atom. The molecular weight excluding hydrogens is 144 g/mol. The number of unbranched alkanes of at least 4 members (excludes halogenated alkanes) is 1. The van der Waals surface area contributed by atoms with Gasteiger partial charge in [0.1, 0.15) is 0 Å². The van der Waals surface area contributed by atoms with Gasteiger partial charge in [0.05, 0.1) is 12.6 Å². The highest BCUT2D eigenvalue weighted by Gasteiger charge is 2.07. The van der Waals surface area contributed by atoms with E-state index in [1.807, 2.05) is 0 Å². The molecule has 0 rings (SSSR count). The van der Waals surface area contributed by atoms with Gasteiger partial charge in [-0.15, -0.1) is 0 Å². The number of carbonyl (C=O) groups excluding carboxylic acids is 1. The van der Waals surface area contributed by atoms with E-state index in [2.05, 4.69) is 5.11 Å². The SMILES string of the molecule is N=NCCCC[C@@H](N)C(N)=O. The van der Waals surface area contributed by atoms with Crippen LogP contribution in [0.1, 0.15) is 19.3 Å². The van der Waals surface area contributed by atoms with Gasteiger partial charge in [-0.1, -0.05) is 0 Å². The molecule has 0 radical (unpaired) electrons. The van der Waals surface area contributed by atoms with E-state index in [9.17, 15) is 4.79 Å². The summed E-state index contributed by atoms with van der Waals surface area (Å²) in [5.74, 6) is -0.465. The Bertz CT molecular complexity index is 137. The molecular formula is C6H14N4O. The molecule has 5 nitrogen and oxygen atoms in total. The van der Waals surface area contributed by atoms with Crippen LogP contribution in [0.3, 0.4) is 0 Å². The minimum atomic E-state index is -0.541. The number of rotatable bonds is 6. The Balaban J connectivity index is 3.24. The summed E-state index contributed by atoms with van der Waals surface area (Å²) in [6.45, 7) is 0.505. The summed E-state index contributed by atoms with van der Waals surface area (Å²) in [5, 5.41) is 3.17. The lowest BCUT2D eigenvalue weighted by Crippen LogP contribution is -2.36. The number of primary amides is 1. The molecule has 0 aliphatic carbocycles.